The molecule has 1 rings (SSSR count). The van der Waals surface area contributed by atoms with Gasteiger partial charge in [0, 0.05) is 14.1 Å². The molecule has 94 valence electrons. The summed E-state index contributed by atoms with van der Waals surface area (Å²) in [6.07, 6.45) is 0. The first-order valence-corrected chi connectivity index (χ1v) is 6.32. The predicted molar refractivity (Wildman–Crippen MR) is 67.5 cm³/mol. The Kier molecular flexibility index (Phi) is 3.74. The Labute approximate surface area is 101 Å². The van der Waals surface area contributed by atoms with Gasteiger partial charge in [-0.1, -0.05) is 6.07 Å². The van der Waals surface area contributed by atoms with Crippen LogP contribution in [-0.2, 0) is 10.0 Å². The van der Waals surface area contributed by atoms with Gasteiger partial charge in [-0.05, 0) is 24.6 Å². The van der Waals surface area contributed by atoms with Gasteiger partial charge in [-0.3, -0.25) is 0 Å². The third kappa shape index (κ3) is 2.95. The fourth-order valence-electron chi connectivity index (χ4n) is 1.22. The summed E-state index contributed by atoms with van der Waals surface area (Å²) in [6, 6.07) is 4.64. The van der Waals surface area contributed by atoms with Crippen LogP contribution in [0.4, 0.5) is 5.69 Å². The quantitative estimate of drug-likeness (QED) is 0.593. The van der Waals surface area contributed by atoms with Crippen molar-refractivity contribution in [3.63, 3.8) is 0 Å². The van der Waals surface area contributed by atoms with E-state index in [9.17, 15) is 8.42 Å². The lowest BCUT2D eigenvalue weighted by molar-refractivity contribution is 0.521. The first kappa shape index (κ1) is 13.5. The van der Waals surface area contributed by atoms with Crippen LogP contribution in [0.15, 0.2) is 28.1 Å². The number of benzene rings is 1. The van der Waals surface area contributed by atoms with Crippen molar-refractivity contribution in [2.75, 3.05) is 14.1 Å². The molecule has 0 aromatic heterocycles. The number of rotatable bonds is 3. The Hall–Kier alpha value is -1.60. The lowest BCUT2D eigenvalue weighted by atomic mass is 10.2. The minimum atomic E-state index is -3.47. The first-order chi connectivity index (χ1) is 7.75. The van der Waals surface area contributed by atoms with Gasteiger partial charge in [0.05, 0.1) is 10.6 Å². The molecule has 0 saturated carbocycles. The van der Waals surface area contributed by atoms with E-state index in [1.165, 1.54) is 26.2 Å². The number of aliphatic imine (C=N–C) groups is 1. The van der Waals surface area contributed by atoms with E-state index in [1.807, 2.05) is 0 Å². The van der Waals surface area contributed by atoms with Crippen LogP contribution in [0.3, 0.4) is 0 Å². The zero-order valence-corrected chi connectivity index (χ0v) is 10.8. The van der Waals surface area contributed by atoms with E-state index in [2.05, 4.69) is 4.99 Å². The van der Waals surface area contributed by atoms with Crippen molar-refractivity contribution in [2.24, 2.45) is 16.5 Å². The summed E-state index contributed by atoms with van der Waals surface area (Å²) in [7, 11) is -0.534. The van der Waals surface area contributed by atoms with Gasteiger partial charge >= 0.3 is 0 Å². The molecule has 7 heteroatoms. The standard InChI is InChI=1S/C10H16N4O2S/c1-7-4-5-8(17(15,16)14(2)3)6-9(7)13-10(11)12/h4-6H,1-3H3,(H4,11,12,13). The highest BCUT2D eigenvalue weighted by molar-refractivity contribution is 7.89. The average Bonchev–Trinajstić information content (AvgIpc) is 2.20. The van der Waals surface area contributed by atoms with Crippen molar-refractivity contribution in [1.82, 2.24) is 4.31 Å². The molecule has 0 aliphatic carbocycles. The molecule has 0 aliphatic heterocycles. The van der Waals surface area contributed by atoms with Crippen LogP contribution < -0.4 is 11.5 Å². The van der Waals surface area contributed by atoms with Crippen molar-refractivity contribution >= 4 is 21.7 Å². The van der Waals surface area contributed by atoms with Gasteiger partial charge < -0.3 is 11.5 Å². The van der Waals surface area contributed by atoms with Crippen LogP contribution >= 0.6 is 0 Å². The summed E-state index contributed by atoms with van der Waals surface area (Å²) in [5.41, 5.74) is 11.8. The Balaban J connectivity index is 3.37. The summed E-state index contributed by atoms with van der Waals surface area (Å²) in [4.78, 5) is 4.04. The largest absolute Gasteiger partial charge is 0.370 e. The zero-order chi connectivity index (χ0) is 13.2. The maximum atomic E-state index is 11.9. The molecule has 0 bridgehead atoms. The van der Waals surface area contributed by atoms with E-state index in [4.69, 9.17) is 11.5 Å². The molecule has 4 N–H and O–H groups in total. The van der Waals surface area contributed by atoms with Gasteiger partial charge in [-0.25, -0.2) is 17.7 Å². The van der Waals surface area contributed by atoms with Gasteiger partial charge in [-0.2, -0.15) is 0 Å². The molecule has 0 saturated heterocycles. The Bertz CT molecular complexity index is 545. The van der Waals surface area contributed by atoms with Crippen LogP contribution in [-0.4, -0.2) is 32.8 Å². The number of aryl methyl sites for hydroxylation is 1. The molecular formula is C10H16N4O2S. The minimum absolute atomic E-state index is 0.104. The SMILES string of the molecule is Cc1ccc(S(=O)(=O)N(C)C)cc1N=C(N)N. The molecule has 0 atom stereocenters. The highest BCUT2D eigenvalue weighted by Gasteiger charge is 2.17. The molecule has 0 unspecified atom stereocenters. The Morgan fingerprint density at radius 3 is 2.35 bits per heavy atom. The van der Waals surface area contributed by atoms with Crippen molar-refractivity contribution < 1.29 is 8.42 Å². The summed E-state index contributed by atoms with van der Waals surface area (Å²) >= 11 is 0. The molecule has 17 heavy (non-hydrogen) atoms. The van der Waals surface area contributed by atoms with Crippen LogP contribution in [0.1, 0.15) is 5.56 Å². The monoisotopic (exact) mass is 256 g/mol. The Morgan fingerprint density at radius 2 is 1.88 bits per heavy atom. The van der Waals surface area contributed by atoms with Gasteiger partial charge in [0.15, 0.2) is 5.96 Å². The molecular weight excluding hydrogens is 240 g/mol. The van der Waals surface area contributed by atoms with Crippen molar-refractivity contribution in [3.05, 3.63) is 23.8 Å². The molecule has 0 fully saturated rings. The molecule has 6 nitrogen and oxygen atoms in total. The first-order valence-electron chi connectivity index (χ1n) is 4.88. The van der Waals surface area contributed by atoms with E-state index in [0.29, 0.717) is 5.69 Å². The van der Waals surface area contributed by atoms with E-state index >= 15 is 0 Å². The van der Waals surface area contributed by atoms with E-state index < -0.39 is 10.0 Å². The number of sulfonamides is 1. The van der Waals surface area contributed by atoms with E-state index in [-0.39, 0.29) is 10.9 Å². The Morgan fingerprint density at radius 1 is 1.29 bits per heavy atom. The summed E-state index contributed by atoms with van der Waals surface area (Å²) in [6.45, 7) is 1.80. The normalized spacial score (nSPS) is 11.5. The summed E-state index contributed by atoms with van der Waals surface area (Å²) in [5.74, 6) is -0.104. The van der Waals surface area contributed by atoms with E-state index in [0.717, 1.165) is 9.87 Å². The topological polar surface area (TPSA) is 102 Å². The molecule has 0 spiro atoms. The second kappa shape index (κ2) is 4.72. The fraction of sp³-hybridized carbons (Fsp3) is 0.300. The zero-order valence-electron chi connectivity index (χ0n) is 10.0. The van der Waals surface area contributed by atoms with Crippen LogP contribution in [0, 0.1) is 6.92 Å². The van der Waals surface area contributed by atoms with Gasteiger partial charge in [0.1, 0.15) is 0 Å². The van der Waals surface area contributed by atoms with Crippen molar-refractivity contribution in [1.29, 1.82) is 0 Å². The molecule has 0 radical (unpaired) electrons. The maximum absolute atomic E-state index is 11.9. The van der Waals surface area contributed by atoms with Gasteiger partial charge in [0.25, 0.3) is 0 Å². The van der Waals surface area contributed by atoms with Gasteiger partial charge in [0.2, 0.25) is 10.0 Å². The maximum Gasteiger partial charge on any atom is 0.242 e. The number of guanidine groups is 1. The number of hydrogen-bond donors (Lipinski definition) is 2. The molecule has 0 heterocycles. The molecule has 0 aliphatic rings. The molecule has 1 aromatic rings. The number of hydrogen-bond acceptors (Lipinski definition) is 3. The van der Waals surface area contributed by atoms with Crippen LogP contribution in [0.25, 0.3) is 0 Å². The lowest BCUT2D eigenvalue weighted by Crippen LogP contribution is -2.23. The molecule has 1 aromatic carbocycles. The number of nitrogens with two attached hydrogens (primary N) is 2. The minimum Gasteiger partial charge on any atom is -0.370 e. The molecule has 0 amide bonds. The lowest BCUT2D eigenvalue weighted by Gasteiger charge is -2.12. The highest BCUT2D eigenvalue weighted by atomic mass is 32.2. The van der Waals surface area contributed by atoms with E-state index in [1.54, 1.807) is 13.0 Å². The predicted octanol–water partition coefficient (Wildman–Crippen LogP) is 0.150. The third-order valence-electron chi connectivity index (χ3n) is 2.21. The third-order valence-corrected chi connectivity index (χ3v) is 4.02. The second-order valence-corrected chi connectivity index (χ2v) is 5.92. The van der Waals surface area contributed by atoms with Crippen LogP contribution in [0.2, 0.25) is 0 Å². The highest BCUT2D eigenvalue weighted by Crippen LogP contribution is 2.23. The second-order valence-electron chi connectivity index (χ2n) is 3.77. The smallest absolute Gasteiger partial charge is 0.242 e. The van der Waals surface area contributed by atoms with Crippen molar-refractivity contribution in [3.8, 4) is 0 Å². The van der Waals surface area contributed by atoms with Gasteiger partial charge in [-0.15, -0.1) is 0 Å². The summed E-state index contributed by atoms with van der Waals surface area (Å²) < 4.78 is 24.9. The average molecular weight is 256 g/mol. The van der Waals surface area contributed by atoms with Crippen molar-refractivity contribution in [2.45, 2.75) is 11.8 Å². The summed E-state index contributed by atoms with van der Waals surface area (Å²) in [5, 5.41) is 0. The number of nitrogens with zero attached hydrogens (tertiary/aromatic N) is 2. The van der Waals surface area contributed by atoms with Crippen LogP contribution in [0.5, 0.6) is 0 Å². The fourth-order valence-corrected chi connectivity index (χ4v) is 2.14.